The minimum absolute atomic E-state index is 0.152. The standard InChI is InChI=1S/C8H18N2O2/c1-3-4-8(10-9)7-12-6-5-11-2/h3,8,10H,1,4-7,9H2,2H3. The van der Waals surface area contributed by atoms with E-state index in [4.69, 9.17) is 15.3 Å². The Balaban J connectivity index is 3.25. The van der Waals surface area contributed by atoms with E-state index in [0.717, 1.165) is 6.42 Å². The van der Waals surface area contributed by atoms with E-state index in [1.54, 1.807) is 7.11 Å². The molecule has 72 valence electrons. The van der Waals surface area contributed by atoms with E-state index < -0.39 is 0 Å². The zero-order valence-corrected chi connectivity index (χ0v) is 7.58. The van der Waals surface area contributed by atoms with Crippen molar-refractivity contribution in [2.45, 2.75) is 12.5 Å². The van der Waals surface area contributed by atoms with Gasteiger partial charge in [0.25, 0.3) is 0 Å². The van der Waals surface area contributed by atoms with Crippen molar-refractivity contribution in [3.8, 4) is 0 Å². The Labute approximate surface area is 73.7 Å². The molecule has 0 aromatic carbocycles. The fraction of sp³-hybridized carbons (Fsp3) is 0.750. The second-order valence-electron chi connectivity index (χ2n) is 2.46. The molecule has 0 aromatic rings. The van der Waals surface area contributed by atoms with Crippen LogP contribution in [0.5, 0.6) is 0 Å². The van der Waals surface area contributed by atoms with E-state index >= 15 is 0 Å². The lowest BCUT2D eigenvalue weighted by Gasteiger charge is -2.13. The topological polar surface area (TPSA) is 56.5 Å². The van der Waals surface area contributed by atoms with Crippen LogP contribution in [0.3, 0.4) is 0 Å². The summed E-state index contributed by atoms with van der Waals surface area (Å²) >= 11 is 0. The van der Waals surface area contributed by atoms with Crippen LogP contribution in [0.4, 0.5) is 0 Å². The van der Waals surface area contributed by atoms with Crippen molar-refractivity contribution in [3.63, 3.8) is 0 Å². The number of hydrazine groups is 1. The Morgan fingerprint density at radius 3 is 2.83 bits per heavy atom. The lowest BCUT2D eigenvalue weighted by atomic mass is 10.2. The maximum atomic E-state index is 5.26. The summed E-state index contributed by atoms with van der Waals surface area (Å²) in [6.07, 6.45) is 2.62. The van der Waals surface area contributed by atoms with Gasteiger partial charge in [0.1, 0.15) is 0 Å². The van der Waals surface area contributed by atoms with Crippen LogP contribution in [0.15, 0.2) is 12.7 Å². The number of nitrogens with two attached hydrogens (primary N) is 1. The minimum atomic E-state index is 0.152. The molecule has 0 radical (unpaired) electrons. The van der Waals surface area contributed by atoms with Crippen molar-refractivity contribution in [1.82, 2.24) is 5.43 Å². The van der Waals surface area contributed by atoms with Crippen molar-refractivity contribution >= 4 is 0 Å². The number of hydrogen-bond donors (Lipinski definition) is 2. The molecule has 0 aliphatic rings. The number of nitrogens with one attached hydrogen (secondary N) is 1. The Morgan fingerprint density at radius 2 is 2.33 bits per heavy atom. The van der Waals surface area contributed by atoms with E-state index in [9.17, 15) is 0 Å². The predicted octanol–water partition coefficient (Wildman–Crippen LogP) is 0.0574. The molecule has 0 bridgehead atoms. The average Bonchev–Trinajstić information content (AvgIpc) is 2.10. The maximum Gasteiger partial charge on any atom is 0.0701 e. The number of rotatable bonds is 8. The molecule has 12 heavy (non-hydrogen) atoms. The van der Waals surface area contributed by atoms with Gasteiger partial charge in [-0.25, -0.2) is 0 Å². The van der Waals surface area contributed by atoms with Crippen LogP contribution in [-0.2, 0) is 9.47 Å². The van der Waals surface area contributed by atoms with Gasteiger partial charge in [0, 0.05) is 13.2 Å². The SMILES string of the molecule is C=CCC(COCCOC)NN. The van der Waals surface area contributed by atoms with Crippen LogP contribution < -0.4 is 11.3 Å². The number of ether oxygens (including phenoxy) is 2. The van der Waals surface area contributed by atoms with Crippen LogP contribution >= 0.6 is 0 Å². The lowest BCUT2D eigenvalue weighted by molar-refractivity contribution is 0.0591. The highest BCUT2D eigenvalue weighted by atomic mass is 16.5. The van der Waals surface area contributed by atoms with Crippen molar-refractivity contribution in [3.05, 3.63) is 12.7 Å². The summed E-state index contributed by atoms with van der Waals surface area (Å²) in [5.74, 6) is 5.26. The molecule has 0 fully saturated rings. The zero-order chi connectivity index (χ0) is 9.23. The molecule has 0 aliphatic carbocycles. The number of hydrogen-bond acceptors (Lipinski definition) is 4. The van der Waals surface area contributed by atoms with Gasteiger partial charge < -0.3 is 9.47 Å². The van der Waals surface area contributed by atoms with E-state index in [0.29, 0.717) is 19.8 Å². The van der Waals surface area contributed by atoms with Crippen molar-refractivity contribution < 1.29 is 9.47 Å². The normalized spacial score (nSPS) is 12.8. The molecule has 1 unspecified atom stereocenters. The fourth-order valence-corrected chi connectivity index (χ4v) is 0.753. The maximum absolute atomic E-state index is 5.26. The molecule has 0 saturated carbocycles. The average molecular weight is 174 g/mol. The van der Waals surface area contributed by atoms with Crippen LogP contribution in [0.1, 0.15) is 6.42 Å². The summed E-state index contributed by atoms with van der Waals surface area (Å²) in [4.78, 5) is 0. The smallest absolute Gasteiger partial charge is 0.0701 e. The van der Waals surface area contributed by atoms with Gasteiger partial charge in [-0.3, -0.25) is 11.3 Å². The first kappa shape index (κ1) is 11.6. The van der Waals surface area contributed by atoms with Gasteiger partial charge in [0.05, 0.1) is 19.8 Å². The van der Waals surface area contributed by atoms with Crippen LogP contribution in [0.2, 0.25) is 0 Å². The van der Waals surface area contributed by atoms with Crippen LogP contribution in [0.25, 0.3) is 0 Å². The Hall–Kier alpha value is -0.420. The van der Waals surface area contributed by atoms with Gasteiger partial charge in [-0.05, 0) is 6.42 Å². The summed E-state index contributed by atoms with van der Waals surface area (Å²) in [5, 5.41) is 0. The summed E-state index contributed by atoms with van der Waals surface area (Å²) in [6.45, 7) is 5.43. The highest BCUT2D eigenvalue weighted by Gasteiger charge is 2.02. The molecule has 0 spiro atoms. The second-order valence-corrected chi connectivity index (χ2v) is 2.46. The highest BCUT2D eigenvalue weighted by molar-refractivity contribution is 4.75. The van der Waals surface area contributed by atoms with E-state index in [1.165, 1.54) is 0 Å². The lowest BCUT2D eigenvalue weighted by Crippen LogP contribution is -2.38. The predicted molar refractivity (Wildman–Crippen MR) is 48.6 cm³/mol. The molecule has 0 aliphatic heterocycles. The molecular weight excluding hydrogens is 156 g/mol. The first-order valence-corrected chi connectivity index (χ1v) is 3.98. The minimum Gasteiger partial charge on any atom is -0.382 e. The third kappa shape index (κ3) is 6.30. The Morgan fingerprint density at radius 1 is 1.58 bits per heavy atom. The summed E-state index contributed by atoms with van der Waals surface area (Å²) in [5.41, 5.74) is 2.64. The fourth-order valence-electron chi connectivity index (χ4n) is 0.753. The molecule has 0 amide bonds. The van der Waals surface area contributed by atoms with Gasteiger partial charge in [-0.15, -0.1) is 6.58 Å². The van der Waals surface area contributed by atoms with Gasteiger partial charge in [0.2, 0.25) is 0 Å². The Bertz CT molecular complexity index is 109. The molecule has 1 atom stereocenters. The van der Waals surface area contributed by atoms with Gasteiger partial charge in [-0.2, -0.15) is 0 Å². The monoisotopic (exact) mass is 174 g/mol. The van der Waals surface area contributed by atoms with E-state index in [-0.39, 0.29) is 6.04 Å². The van der Waals surface area contributed by atoms with E-state index in [1.807, 2.05) is 6.08 Å². The molecule has 0 heterocycles. The van der Waals surface area contributed by atoms with Gasteiger partial charge in [0.15, 0.2) is 0 Å². The first-order valence-electron chi connectivity index (χ1n) is 3.98. The molecule has 4 heteroatoms. The van der Waals surface area contributed by atoms with Gasteiger partial charge in [-0.1, -0.05) is 6.08 Å². The first-order chi connectivity index (χ1) is 5.85. The van der Waals surface area contributed by atoms with Crippen molar-refractivity contribution in [2.24, 2.45) is 5.84 Å². The van der Waals surface area contributed by atoms with Crippen molar-refractivity contribution in [1.29, 1.82) is 0 Å². The molecule has 4 nitrogen and oxygen atoms in total. The quantitative estimate of drug-likeness (QED) is 0.236. The molecule has 0 saturated heterocycles. The molecule has 3 N–H and O–H groups in total. The summed E-state index contributed by atoms with van der Waals surface area (Å²) < 4.78 is 10.1. The van der Waals surface area contributed by atoms with E-state index in [2.05, 4.69) is 12.0 Å². The zero-order valence-electron chi connectivity index (χ0n) is 7.58. The van der Waals surface area contributed by atoms with Crippen LogP contribution in [-0.4, -0.2) is 33.0 Å². The highest BCUT2D eigenvalue weighted by Crippen LogP contribution is 1.91. The molecule has 0 aromatic heterocycles. The Kier molecular flexibility index (Phi) is 8.37. The number of methoxy groups -OCH3 is 1. The summed E-state index contributed by atoms with van der Waals surface area (Å²) in [7, 11) is 1.64. The second kappa shape index (κ2) is 8.67. The van der Waals surface area contributed by atoms with Crippen molar-refractivity contribution in [2.75, 3.05) is 26.9 Å². The molecular formula is C8H18N2O2. The third-order valence-electron chi connectivity index (χ3n) is 1.44. The summed E-state index contributed by atoms with van der Waals surface area (Å²) in [6, 6.07) is 0.152. The van der Waals surface area contributed by atoms with Gasteiger partial charge >= 0.3 is 0 Å². The molecule has 0 rings (SSSR count). The van der Waals surface area contributed by atoms with Crippen LogP contribution in [0, 0.1) is 0 Å². The largest absolute Gasteiger partial charge is 0.382 e. The third-order valence-corrected chi connectivity index (χ3v) is 1.44.